The number of amides is 1. The Labute approximate surface area is 172 Å². The zero-order chi connectivity index (χ0) is 21.3. The molecule has 4 rings (SSSR count). The van der Waals surface area contributed by atoms with Gasteiger partial charge in [0.1, 0.15) is 11.6 Å². The van der Waals surface area contributed by atoms with Gasteiger partial charge in [-0.05, 0) is 31.4 Å². The molecular formula is C21H24F2N4O3. The SMILES string of the molecule is O=C(Cc1c(F)cccc1F)N1CCCC(n2ncc(N3CC[C@H](O)C3)cc2=O)C1. The average Bonchev–Trinajstić information content (AvgIpc) is 3.17. The smallest absolute Gasteiger partial charge is 0.269 e. The Hall–Kier alpha value is -2.81. The second kappa shape index (κ2) is 8.51. The van der Waals surface area contributed by atoms with Crippen LogP contribution in [0, 0.1) is 11.6 Å². The maximum absolute atomic E-state index is 13.9. The van der Waals surface area contributed by atoms with Crippen LogP contribution in [0.15, 0.2) is 35.3 Å². The van der Waals surface area contributed by atoms with Crippen LogP contribution < -0.4 is 10.5 Å². The van der Waals surface area contributed by atoms with E-state index in [1.165, 1.54) is 16.8 Å². The summed E-state index contributed by atoms with van der Waals surface area (Å²) in [5.41, 5.74) is 0.164. The molecule has 2 aromatic rings. The van der Waals surface area contributed by atoms with Gasteiger partial charge in [0.05, 0.1) is 30.5 Å². The molecular weight excluding hydrogens is 394 g/mol. The number of carbonyl (C=O) groups is 1. The highest BCUT2D eigenvalue weighted by Crippen LogP contribution is 2.23. The molecule has 1 N–H and O–H groups in total. The van der Waals surface area contributed by atoms with Crippen molar-refractivity contribution in [3.8, 4) is 0 Å². The summed E-state index contributed by atoms with van der Waals surface area (Å²) in [6.07, 6.45) is 2.87. The van der Waals surface area contributed by atoms with Crippen molar-refractivity contribution >= 4 is 11.6 Å². The van der Waals surface area contributed by atoms with Gasteiger partial charge in [0.15, 0.2) is 0 Å². The fourth-order valence-corrected chi connectivity index (χ4v) is 4.18. The molecule has 9 heteroatoms. The van der Waals surface area contributed by atoms with Crippen molar-refractivity contribution in [1.29, 1.82) is 0 Å². The first-order valence-corrected chi connectivity index (χ1v) is 10.1. The molecule has 1 amide bonds. The van der Waals surface area contributed by atoms with Gasteiger partial charge in [-0.1, -0.05) is 6.07 Å². The van der Waals surface area contributed by atoms with Gasteiger partial charge in [-0.25, -0.2) is 13.5 Å². The number of halogens is 2. The van der Waals surface area contributed by atoms with Gasteiger partial charge < -0.3 is 14.9 Å². The lowest BCUT2D eigenvalue weighted by atomic mass is 10.0. The molecule has 0 aliphatic carbocycles. The van der Waals surface area contributed by atoms with Crippen molar-refractivity contribution in [2.75, 3.05) is 31.1 Å². The van der Waals surface area contributed by atoms with Crippen LogP contribution >= 0.6 is 0 Å². The summed E-state index contributed by atoms with van der Waals surface area (Å²) in [5.74, 6) is -1.85. The van der Waals surface area contributed by atoms with Gasteiger partial charge in [0, 0.05) is 37.8 Å². The molecule has 1 unspecified atom stereocenters. The number of likely N-dealkylation sites (tertiary alicyclic amines) is 1. The average molecular weight is 418 g/mol. The van der Waals surface area contributed by atoms with Crippen LogP contribution in [0.3, 0.4) is 0 Å². The minimum Gasteiger partial charge on any atom is -0.391 e. The maximum Gasteiger partial charge on any atom is 0.269 e. The van der Waals surface area contributed by atoms with E-state index in [4.69, 9.17) is 0 Å². The second-order valence-electron chi connectivity index (χ2n) is 7.90. The molecule has 1 aromatic heterocycles. The van der Waals surface area contributed by atoms with E-state index in [1.54, 1.807) is 11.1 Å². The van der Waals surface area contributed by atoms with Crippen LogP contribution in [0.25, 0.3) is 0 Å². The third kappa shape index (κ3) is 4.21. The first-order chi connectivity index (χ1) is 14.4. The molecule has 30 heavy (non-hydrogen) atoms. The van der Waals surface area contributed by atoms with E-state index in [2.05, 4.69) is 5.10 Å². The largest absolute Gasteiger partial charge is 0.391 e. The number of hydrogen-bond donors (Lipinski definition) is 1. The van der Waals surface area contributed by atoms with E-state index in [0.717, 1.165) is 12.1 Å². The van der Waals surface area contributed by atoms with E-state index in [1.807, 2.05) is 4.90 Å². The number of anilines is 1. The fourth-order valence-electron chi connectivity index (χ4n) is 4.18. The summed E-state index contributed by atoms with van der Waals surface area (Å²) >= 11 is 0. The lowest BCUT2D eigenvalue weighted by Gasteiger charge is -2.33. The normalized spacial score (nSPS) is 21.8. The Kier molecular flexibility index (Phi) is 5.80. The Morgan fingerprint density at radius 3 is 2.60 bits per heavy atom. The molecule has 2 saturated heterocycles. The topological polar surface area (TPSA) is 78.7 Å². The van der Waals surface area contributed by atoms with E-state index in [-0.39, 0.29) is 36.0 Å². The van der Waals surface area contributed by atoms with Crippen LogP contribution in [0.2, 0.25) is 0 Å². The molecule has 0 spiro atoms. The number of benzene rings is 1. The Balaban J connectivity index is 1.46. The van der Waals surface area contributed by atoms with Gasteiger partial charge in [-0.3, -0.25) is 9.59 Å². The quantitative estimate of drug-likeness (QED) is 0.814. The number of aliphatic hydroxyl groups excluding tert-OH is 1. The highest BCUT2D eigenvalue weighted by molar-refractivity contribution is 5.79. The Morgan fingerprint density at radius 2 is 1.93 bits per heavy atom. The lowest BCUT2D eigenvalue weighted by molar-refractivity contribution is -0.132. The zero-order valence-corrected chi connectivity index (χ0v) is 16.5. The minimum atomic E-state index is -0.739. The Bertz CT molecular complexity index is 976. The van der Waals surface area contributed by atoms with Crippen molar-refractivity contribution in [3.63, 3.8) is 0 Å². The van der Waals surface area contributed by atoms with Gasteiger partial charge >= 0.3 is 0 Å². The molecule has 160 valence electrons. The van der Waals surface area contributed by atoms with Crippen molar-refractivity contribution in [2.45, 2.75) is 37.8 Å². The predicted molar refractivity (Wildman–Crippen MR) is 106 cm³/mol. The summed E-state index contributed by atoms with van der Waals surface area (Å²) in [6.45, 7) is 1.89. The molecule has 0 radical (unpaired) electrons. The number of carbonyl (C=O) groups excluding carboxylic acids is 1. The molecule has 0 bridgehead atoms. The monoisotopic (exact) mass is 418 g/mol. The summed E-state index contributed by atoms with van der Waals surface area (Å²) in [6, 6.07) is 4.74. The molecule has 0 saturated carbocycles. The second-order valence-corrected chi connectivity index (χ2v) is 7.90. The maximum atomic E-state index is 13.9. The van der Waals surface area contributed by atoms with E-state index >= 15 is 0 Å². The number of hydrogen-bond acceptors (Lipinski definition) is 5. The van der Waals surface area contributed by atoms with Gasteiger partial charge in [0.2, 0.25) is 5.91 Å². The molecule has 2 aliphatic heterocycles. The summed E-state index contributed by atoms with van der Waals surface area (Å²) in [5, 5.41) is 14.0. The van der Waals surface area contributed by atoms with Gasteiger partial charge in [-0.2, -0.15) is 5.10 Å². The van der Waals surface area contributed by atoms with Crippen LogP contribution in [0.5, 0.6) is 0 Å². The first-order valence-electron chi connectivity index (χ1n) is 10.1. The number of aromatic nitrogens is 2. The highest BCUT2D eigenvalue weighted by Gasteiger charge is 2.28. The van der Waals surface area contributed by atoms with Crippen LogP contribution in [-0.4, -0.2) is 58.0 Å². The molecule has 2 fully saturated rings. The summed E-state index contributed by atoms with van der Waals surface area (Å²) < 4.78 is 29.1. The summed E-state index contributed by atoms with van der Waals surface area (Å²) in [4.78, 5) is 28.8. The van der Waals surface area contributed by atoms with E-state index in [9.17, 15) is 23.5 Å². The highest BCUT2D eigenvalue weighted by atomic mass is 19.1. The van der Waals surface area contributed by atoms with Crippen molar-refractivity contribution in [2.24, 2.45) is 0 Å². The van der Waals surface area contributed by atoms with E-state index in [0.29, 0.717) is 44.6 Å². The Morgan fingerprint density at radius 1 is 1.17 bits per heavy atom. The van der Waals surface area contributed by atoms with Gasteiger partial charge in [-0.15, -0.1) is 0 Å². The lowest BCUT2D eigenvalue weighted by Crippen LogP contribution is -2.44. The zero-order valence-electron chi connectivity index (χ0n) is 16.5. The molecule has 2 atom stereocenters. The third-order valence-electron chi connectivity index (χ3n) is 5.82. The number of nitrogens with zero attached hydrogens (tertiary/aromatic N) is 4. The van der Waals surface area contributed by atoms with Crippen molar-refractivity contribution < 1.29 is 18.7 Å². The molecule has 7 nitrogen and oxygen atoms in total. The fraction of sp³-hybridized carbons (Fsp3) is 0.476. The van der Waals surface area contributed by atoms with E-state index < -0.39 is 17.7 Å². The number of rotatable bonds is 4. The first kappa shape index (κ1) is 20.5. The minimum absolute atomic E-state index is 0.239. The van der Waals surface area contributed by atoms with Crippen molar-refractivity contribution in [3.05, 3.63) is 58.0 Å². The summed E-state index contributed by atoms with van der Waals surface area (Å²) in [7, 11) is 0. The number of piperidine rings is 1. The van der Waals surface area contributed by atoms with Crippen LogP contribution in [0.1, 0.15) is 30.9 Å². The third-order valence-corrected chi connectivity index (χ3v) is 5.82. The molecule has 2 aliphatic rings. The molecule has 1 aromatic carbocycles. The molecule has 3 heterocycles. The van der Waals surface area contributed by atoms with Gasteiger partial charge in [0.25, 0.3) is 5.56 Å². The van der Waals surface area contributed by atoms with Crippen molar-refractivity contribution in [1.82, 2.24) is 14.7 Å². The number of aliphatic hydroxyl groups is 1. The van der Waals surface area contributed by atoms with Crippen LogP contribution in [-0.2, 0) is 11.2 Å². The standard InChI is InChI=1S/C21H24F2N4O3/c22-18-4-1-5-19(23)17(18)10-20(29)26-7-2-3-14(12-26)27-21(30)9-15(11-24-27)25-8-6-16(28)13-25/h1,4-5,9,11,14,16,28H,2-3,6-8,10,12-13H2/t14?,16-/m0/s1. The van der Waals surface area contributed by atoms with Crippen LogP contribution in [0.4, 0.5) is 14.5 Å². The number of β-amino-alcohol motifs (C(OH)–C–C–N with tert-alkyl or cyclic N) is 1. The predicted octanol–water partition coefficient (Wildman–Crippen LogP) is 1.50.